The van der Waals surface area contributed by atoms with Crippen LogP contribution in [-0.2, 0) is 0 Å². The molecule has 1 saturated heterocycles. The van der Waals surface area contributed by atoms with Gasteiger partial charge in [-0.2, -0.15) is 9.97 Å². The minimum absolute atomic E-state index is 0.635. The number of hydrogen-bond acceptors (Lipinski definition) is 8. The van der Waals surface area contributed by atoms with E-state index in [0.717, 1.165) is 61.0 Å². The van der Waals surface area contributed by atoms with E-state index in [4.69, 9.17) is 14.7 Å². The SMILES string of the molecule is CCOc1cccc(Nc2cc(N(C)C)nc(N3CCN(c4ccccn4)CC3)n2)c1. The van der Waals surface area contributed by atoms with Crippen molar-refractivity contribution < 1.29 is 4.74 Å². The summed E-state index contributed by atoms with van der Waals surface area (Å²) < 4.78 is 5.61. The Hall–Kier alpha value is -3.55. The van der Waals surface area contributed by atoms with E-state index >= 15 is 0 Å². The number of pyridine rings is 1. The van der Waals surface area contributed by atoms with Crippen LogP contribution in [0.15, 0.2) is 54.7 Å². The third-order valence-electron chi connectivity index (χ3n) is 5.11. The summed E-state index contributed by atoms with van der Waals surface area (Å²) >= 11 is 0. The molecule has 0 saturated carbocycles. The molecule has 0 unspecified atom stereocenters. The monoisotopic (exact) mass is 419 g/mol. The van der Waals surface area contributed by atoms with Crippen molar-refractivity contribution in [2.24, 2.45) is 0 Å². The lowest BCUT2D eigenvalue weighted by atomic mass is 10.3. The van der Waals surface area contributed by atoms with E-state index in [0.29, 0.717) is 6.61 Å². The standard InChI is InChI=1S/C23H29N7O/c1-4-31-19-9-7-8-18(16-19)25-20-17-22(28(2)3)27-23(26-20)30-14-12-29(13-15-30)21-10-5-6-11-24-21/h5-11,16-17H,4,12-15H2,1-3H3,(H,25,26,27). The van der Waals surface area contributed by atoms with Crippen molar-refractivity contribution in [2.75, 3.05) is 66.9 Å². The number of nitrogens with one attached hydrogen (secondary N) is 1. The molecular weight excluding hydrogens is 390 g/mol. The van der Waals surface area contributed by atoms with Gasteiger partial charge in [-0.05, 0) is 31.2 Å². The lowest BCUT2D eigenvalue weighted by Crippen LogP contribution is -2.47. The third kappa shape index (κ3) is 5.14. The highest BCUT2D eigenvalue weighted by Crippen LogP contribution is 2.25. The van der Waals surface area contributed by atoms with Crippen LogP contribution < -0.4 is 24.8 Å². The molecule has 0 spiro atoms. The van der Waals surface area contributed by atoms with Crippen LogP contribution in [0.2, 0.25) is 0 Å². The molecule has 8 nitrogen and oxygen atoms in total. The summed E-state index contributed by atoms with van der Waals surface area (Å²) in [4.78, 5) is 20.6. The molecule has 0 amide bonds. The fourth-order valence-electron chi connectivity index (χ4n) is 3.51. The van der Waals surface area contributed by atoms with Gasteiger partial charge < -0.3 is 24.8 Å². The van der Waals surface area contributed by atoms with Gasteiger partial charge in [0.25, 0.3) is 0 Å². The molecule has 2 aromatic heterocycles. The minimum Gasteiger partial charge on any atom is -0.494 e. The number of piperazine rings is 1. The zero-order valence-corrected chi connectivity index (χ0v) is 18.3. The molecule has 0 atom stereocenters. The third-order valence-corrected chi connectivity index (χ3v) is 5.11. The summed E-state index contributed by atoms with van der Waals surface area (Å²) in [5.41, 5.74) is 0.931. The van der Waals surface area contributed by atoms with Crippen molar-refractivity contribution in [1.82, 2.24) is 15.0 Å². The van der Waals surface area contributed by atoms with Crippen molar-refractivity contribution in [3.8, 4) is 5.75 Å². The van der Waals surface area contributed by atoms with Crippen LogP contribution in [0.25, 0.3) is 0 Å². The molecule has 1 aromatic carbocycles. The van der Waals surface area contributed by atoms with Crippen LogP contribution in [-0.4, -0.2) is 61.8 Å². The Morgan fingerprint density at radius 1 is 0.968 bits per heavy atom. The fourth-order valence-corrected chi connectivity index (χ4v) is 3.51. The second-order valence-electron chi connectivity index (χ2n) is 7.55. The van der Waals surface area contributed by atoms with Gasteiger partial charge in [-0.25, -0.2) is 4.98 Å². The maximum atomic E-state index is 5.61. The molecule has 31 heavy (non-hydrogen) atoms. The smallest absolute Gasteiger partial charge is 0.229 e. The molecule has 1 fully saturated rings. The zero-order valence-electron chi connectivity index (χ0n) is 18.3. The Labute approximate surface area is 183 Å². The predicted octanol–water partition coefficient (Wildman–Crippen LogP) is 3.41. The van der Waals surface area contributed by atoms with Crippen LogP contribution in [0.5, 0.6) is 5.75 Å². The number of aromatic nitrogens is 3. The average molecular weight is 420 g/mol. The van der Waals surface area contributed by atoms with E-state index in [1.165, 1.54) is 0 Å². The molecule has 4 rings (SSSR count). The molecule has 1 aliphatic heterocycles. The van der Waals surface area contributed by atoms with Gasteiger partial charge in [-0.3, -0.25) is 0 Å². The second kappa shape index (κ2) is 9.51. The highest BCUT2D eigenvalue weighted by atomic mass is 16.5. The van der Waals surface area contributed by atoms with Crippen molar-refractivity contribution in [3.05, 3.63) is 54.7 Å². The van der Waals surface area contributed by atoms with Crippen LogP contribution in [0.4, 0.5) is 29.1 Å². The van der Waals surface area contributed by atoms with E-state index < -0.39 is 0 Å². The highest BCUT2D eigenvalue weighted by molar-refractivity contribution is 5.63. The van der Waals surface area contributed by atoms with Crippen LogP contribution >= 0.6 is 0 Å². The van der Waals surface area contributed by atoms with Crippen molar-refractivity contribution in [3.63, 3.8) is 0 Å². The van der Waals surface area contributed by atoms with Gasteiger partial charge in [0.05, 0.1) is 6.61 Å². The van der Waals surface area contributed by atoms with E-state index in [9.17, 15) is 0 Å². The van der Waals surface area contributed by atoms with Gasteiger partial charge >= 0.3 is 0 Å². The van der Waals surface area contributed by atoms with E-state index in [2.05, 4.69) is 26.2 Å². The first-order valence-electron chi connectivity index (χ1n) is 10.6. The van der Waals surface area contributed by atoms with Crippen molar-refractivity contribution in [2.45, 2.75) is 6.92 Å². The summed E-state index contributed by atoms with van der Waals surface area (Å²) in [7, 11) is 3.98. The predicted molar refractivity (Wildman–Crippen MR) is 126 cm³/mol. The minimum atomic E-state index is 0.635. The molecule has 8 heteroatoms. The lowest BCUT2D eigenvalue weighted by Gasteiger charge is -2.35. The lowest BCUT2D eigenvalue weighted by molar-refractivity contribution is 0.340. The summed E-state index contributed by atoms with van der Waals surface area (Å²) in [6.45, 7) is 6.06. The molecule has 162 valence electrons. The van der Waals surface area contributed by atoms with Gasteiger partial charge in [-0.15, -0.1) is 0 Å². The van der Waals surface area contributed by atoms with Crippen LogP contribution in [0.1, 0.15) is 6.92 Å². The van der Waals surface area contributed by atoms with Gasteiger partial charge in [0.1, 0.15) is 23.2 Å². The Kier molecular flexibility index (Phi) is 6.35. The largest absolute Gasteiger partial charge is 0.494 e. The van der Waals surface area contributed by atoms with Crippen LogP contribution in [0.3, 0.4) is 0 Å². The number of anilines is 5. The first kappa shape index (κ1) is 20.7. The maximum Gasteiger partial charge on any atom is 0.229 e. The number of ether oxygens (including phenoxy) is 1. The van der Waals surface area contributed by atoms with Gasteiger partial charge in [0.15, 0.2) is 0 Å². The molecule has 1 aliphatic rings. The molecule has 1 N–H and O–H groups in total. The van der Waals surface area contributed by atoms with E-state index in [1.54, 1.807) is 0 Å². The molecule has 0 aliphatic carbocycles. The molecule has 0 radical (unpaired) electrons. The Bertz CT molecular complexity index is 988. The molecule has 0 bridgehead atoms. The van der Waals surface area contributed by atoms with Crippen molar-refractivity contribution in [1.29, 1.82) is 0 Å². The molecular formula is C23H29N7O. The first-order chi connectivity index (χ1) is 15.1. The fraction of sp³-hybridized carbons (Fsp3) is 0.348. The molecule has 3 aromatic rings. The number of nitrogens with zero attached hydrogens (tertiary/aromatic N) is 6. The normalized spacial score (nSPS) is 13.8. The Morgan fingerprint density at radius 2 is 1.77 bits per heavy atom. The first-order valence-corrected chi connectivity index (χ1v) is 10.6. The van der Waals surface area contributed by atoms with E-state index in [-0.39, 0.29) is 0 Å². The Balaban J connectivity index is 1.52. The van der Waals surface area contributed by atoms with Gasteiger partial charge in [0, 0.05) is 64.3 Å². The quantitative estimate of drug-likeness (QED) is 0.625. The summed E-state index contributed by atoms with van der Waals surface area (Å²) in [6, 6.07) is 15.9. The molecule has 3 heterocycles. The maximum absolute atomic E-state index is 5.61. The second-order valence-corrected chi connectivity index (χ2v) is 7.55. The Morgan fingerprint density at radius 3 is 2.48 bits per heavy atom. The average Bonchev–Trinajstić information content (AvgIpc) is 2.80. The van der Waals surface area contributed by atoms with Crippen molar-refractivity contribution >= 4 is 29.1 Å². The summed E-state index contributed by atoms with van der Waals surface area (Å²) in [6.07, 6.45) is 1.84. The summed E-state index contributed by atoms with van der Waals surface area (Å²) in [5.74, 6) is 4.20. The number of benzene rings is 1. The van der Waals surface area contributed by atoms with Gasteiger partial charge in [0.2, 0.25) is 5.95 Å². The number of hydrogen-bond donors (Lipinski definition) is 1. The zero-order chi connectivity index (χ0) is 21.6. The highest BCUT2D eigenvalue weighted by Gasteiger charge is 2.21. The number of rotatable bonds is 7. The van der Waals surface area contributed by atoms with E-state index in [1.807, 2.05) is 74.6 Å². The van der Waals surface area contributed by atoms with Gasteiger partial charge in [-0.1, -0.05) is 12.1 Å². The topological polar surface area (TPSA) is 69.7 Å². The summed E-state index contributed by atoms with van der Waals surface area (Å²) in [5, 5.41) is 3.41. The van der Waals surface area contributed by atoms with Crippen LogP contribution in [0, 0.1) is 0 Å².